The zero-order valence-electron chi connectivity index (χ0n) is 13.1. The van der Waals surface area contributed by atoms with E-state index < -0.39 is 12.1 Å². The number of fused-ring (bicyclic) bond motifs is 1. The van der Waals surface area contributed by atoms with Crippen LogP contribution in [0.15, 0.2) is 45.8 Å². The van der Waals surface area contributed by atoms with Gasteiger partial charge in [0.25, 0.3) is 0 Å². The van der Waals surface area contributed by atoms with Crippen molar-refractivity contribution in [2.45, 2.75) is 36.8 Å². The second-order valence-electron chi connectivity index (χ2n) is 5.65. The molecule has 0 spiro atoms. The van der Waals surface area contributed by atoms with E-state index in [2.05, 4.69) is 0 Å². The Labute approximate surface area is 161 Å². The van der Waals surface area contributed by atoms with E-state index in [1.807, 2.05) is 30.3 Å². The van der Waals surface area contributed by atoms with Crippen molar-refractivity contribution in [3.63, 3.8) is 0 Å². The number of carboxylic acids is 1. The molecule has 3 unspecified atom stereocenters. The fourth-order valence-electron chi connectivity index (χ4n) is 3.09. The Morgan fingerprint density at radius 2 is 2.09 bits per heavy atom. The smallest absolute Gasteiger partial charge is 0.543 e. The van der Waals surface area contributed by atoms with Gasteiger partial charge in [-0.1, -0.05) is 30.0 Å². The molecule has 3 atom stereocenters. The molecule has 1 fully saturated rings. The van der Waals surface area contributed by atoms with Crippen molar-refractivity contribution in [1.82, 2.24) is 4.90 Å². The van der Waals surface area contributed by atoms with Gasteiger partial charge in [-0.3, -0.25) is 4.79 Å². The maximum absolute atomic E-state index is 12.2. The molecular formula is C16H16NNaO4S. The van der Waals surface area contributed by atoms with Crippen LogP contribution in [0, 0.1) is 5.92 Å². The Bertz CT molecular complexity index is 647. The summed E-state index contributed by atoms with van der Waals surface area (Å²) in [4.78, 5) is 26.5. The van der Waals surface area contributed by atoms with Crippen LogP contribution in [0.25, 0.3) is 0 Å². The number of nitrogens with zero attached hydrogens (tertiary/aromatic N) is 1. The zero-order chi connectivity index (χ0) is 15.9. The Kier molecular flexibility index (Phi) is 5.97. The van der Waals surface area contributed by atoms with Gasteiger partial charge in [0.2, 0.25) is 5.91 Å². The predicted molar refractivity (Wildman–Crippen MR) is 79.4 cm³/mol. The van der Waals surface area contributed by atoms with Gasteiger partial charge in [-0.15, -0.1) is 0 Å². The van der Waals surface area contributed by atoms with E-state index in [9.17, 15) is 19.8 Å². The predicted octanol–water partition coefficient (Wildman–Crippen LogP) is -2.25. The number of carbonyl (C=O) groups excluding carboxylic acids is 2. The molecule has 1 saturated heterocycles. The number of thioether (sulfide) groups is 1. The van der Waals surface area contributed by atoms with Crippen LogP contribution in [-0.2, 0) is 9.59 Å². The minimum absolute atomic E-state index is 0. The van der Waals surface area contributed by atoms with Gasteiger partial charge < -0.3 is 19.9 Å². The van der Waals surface area contributed by atoms with Gasteiger partial charge in [-0.25, -0.2) is 0 Å². The molecule has 1 aromatic rings. The van der Waals surface area contributed by atoms with Crippen LogP contribution in [0.5, 0.6) is 0 Å². The monoisotopic (exact) mass is 341 g/mol. The van der Waals surface area contributed by atoms with E-state index in [4.69, 9.17) is 0 Å². The second kappa shape index (κ2) is 7.40. The van der Waals surface area contributed by atoms with Crippen LogP contribution < -0.4 is 34.7 Å². The number of amides is 1. The number of carbonyl (C=O) groups is 2. The van der Waals surface area contributed by atoms with Gasteiger partial charge in [-0.2, -0.15) is 0 Å². The third-order valence-electron chi connectivity index (χ3n) is 4.02. The number of aliphatic hydroxyl groups excluding tert-OH is 1. The van der Waals surface area contributed by atoms with Gasteiger partial charge in [0, 0.05) is 16.2 Å². The number of benzene rings is 1. The molecule has 0 saturated carbocycles. The third kappa shape index (κ3) is 3.51. The molecule has 0 radical (unpaired) electrons. The van der Waals surface area contributed by atoms with E-state index in [1.54, 1.807) is 6.92 Å². The van der Waals surface area contributed by atoms with Gasteiger partial charge in [0.1, 0.15) is 0 Å². The van der Waals surface area contributed by atoms with Crippen molar-refractivity contribution in [3.8, 4) is 0 Å². The summed E-state index contributed by atoms with van der Waals surface area (Å²) in [5.74, 6) is -1.85. The van der Waals surface area contributed by atoms with E-state index in [0.29, 0.717) is 17.7 Å². The summed E-state index contributed by atoms with van der Waals surface area (Å²) in [7, 11) is 0. The SMILES string of the molecule is CC(O)CC1C(=O)N2C(C(=O)[O-])=C(Sc3ccccc3)CC12.[Na+]. The Balaban J connectivity index is 0.00000192. The first-order valence-electron chi connectivity index (χ1n) is 7.17. The number of rotatable bonds is 5. The Morgan fingerprint density at radius 1 is 1.43 bits per heavy atom. The number of aliphatic hydroxyl groups is 1. The summed E-state index contributed by atoms with van der Waals surface area (Å²) in [6.45, 7) is 1.64. The largest absolute Gasteiger partial charge is 1.00 e. The topological polar surface area (TPSA) is 80.7 Å². The van der Waals surface area contributed by atoms with Crippen LogP contribution >= 0.6 is 11.8 Å². The van der Waals surface area contributed by atoms with E-state index in [0.717, 1.165) is 4.90 Å². The minimum Gasteiger partial charge on any atom is -0.543 e. The molecule has 1 aromatic carbocycles. The van der Waals surface area contributed by atoms with Gasteiger partial charge in [0.05, 0.1) is 29.7 Å². The number of hydrogen-bond acceptors (Lipinski definition) is 5. The summed E-state index contributed by atoms with van der Waals surface area (Å²) in [6, 6.07) is 9.29. The van der Waals surface area contributed by atoms with E-state index >= 15 is 0 Å². The molecule has 0 aliphatic carbocycles. The molecule has 0 aromatic heterocycles. The third-order valence-corrected chi connectivity index (χ3v) is 5.14. The van der Waals surface area contributed by atoms with Crippen molar-refractivity contribution in [2.24, 2.45) is 5.92 Å². The maximum atomic E-state index is 12.2. The molecule has 0 bridgehead atoms. The van der Waals surface area contributed by atoms with Crippen LogP contribution in [0.1, 0.15) is 19.8 Å². The first kappa shape index (κ1) is 18.5. The summed E-state index contributed by atoms with van der Waals surface area (Å²) in [5, 5.41) is 20.9. The molecule has 5 nitrogen and oxygen atoms in total. The summed E-state index contributed by atoms with van der Waals surface area (Å²) >= 11 is 1.36. The minimum atomic E-state index is -1.32. The summed E-state index contributed by atoms with van der Waals surface area (Å²) < 4.78 is 0. The number of hydrogen-bond donors (Lipinski definition) is 1. The molecule has 2 aliphatic rings. The standard InChI is InChI=1S/C16H17NO4S.Na/c1-9(18)7-11-12-8-13(22-10-5-3-2-4-6-10)14(16(20)21)17(12)15(11)19;/h2-6,9,11-12,18H,7-8H2,1H3,(H,20,21);/q;+1/p-1. The zero-order valence-corrected chi connectivity index (χ0v) is 15.9. The summed E-state index contributed by atoms with van der Waals surface area (Å²) in [6.07, 6.45) is 0.295. The van der Waals surface area contributed by atoms with Crippen LogP contribution in [0.3, 0.4) is 0 Å². The Morgan fingerprint density at radius 3 is 2.65 bits per heavy atom. The van der Waals surface area contributed by atoms with Gasteiger partial charge in [0.15, 0.2) is 0 Å². The maximum Gasteiger partial charge on any atom is 1.00 e. The van der Waals surface area contributed by atoms with Crippen molar-refractivity contribution in [3.05, 3.63) is 40.9 Å². The summed E-state index contributed by atoms with van der Waals surface area (Å²) in [5.41, 5.74) is -0.00861. The molecule has 1 N–H and O–H groups in total. The number of carboxylic acid groups (broad SMARTS) is 1. The fraction of sp³-hybridized carbons (Fsp3) is 0.375. The van der Waals surface area contributed by atoms with Crippen molar-refractivity contribution in [2.75, 3.05) is 0 Å². The normalized spacial score (nSPS) is 23.9. The molecule has 3 rings (SSSR count). The van der Waals surface area contributed by atoms with E-state index in [-0.39, 0.29) is 53.1 Å². The molecule has 2 heterocycles. The van der Waals surface area contributed by atoms with Gasteiger partial charge >= 0.3 is 29.6 Å². The molecule has 2 aliphatic heterocycles. The molecule has 23 heavy (non-hydrogen) atoms. The molecule has 7 heteroatoms. The second-order valence-corrected chi connectivity index (χ2v) is 6.81. The van der Waals surface area contributed by atoms with Crippen molar-refractivity contribution < 1.29 is 49.4 Å². The first-order valence-corrected chi connectivity index (χ1v) is 7.99. The Hall–Kier alpha value is -0.790. The van der Waals surface area contributed by atoms with Crippen LogP contribution in [0.4, 0.5) is 0 Å². The average molecular weight is 341 g/mol. The molecule has 1 amide bonds. The molecular weight excluding hydrogens is 325 g/mol. The fourth-order valence-corrected chi connectivity index (χ4v) is 4.20. The van der Waals surface area contributed by atoms with Crippen LogP contribution in [0.2, 0.25) is 0 Å². The van der Waals surface area contributed by atoms with Crippen LogP contribution in [-0.4, -0.2) is 34.0 Å². The average Bonchev–Trinajstić information content (AvgIpc) is 2.81. The van der Waals surface area contributed by atoms with Gasteiger partial charge in [-0.05, 0) is 25.5 Å². The molecule has 116 valence electrons. The number of aliphatic carboxylic acids is 1. The van der Waals surface area contributed by atoms with E-state index in [1.165, 1.54) is 16.7 Å². The van der Waals surface area contributed by atoms with Crippen molar-refractivity contribution >= 4 is 23.6 Å². The number of β-lactam (4-membered cyclic amide) rings is 1. The van der Waals surface area contributed by atoms with Crippen molar-refractivity contribution in [1.29, 1.82) is 0 Å². The first-order chi connectivity index (χ1) is 10.5. The quantitative estimate of drug-likeness (QED) is 0.483.